The van der Waals surface area contributed by atoms with Gasteiger partial charge in [-0.1, -0.05) is 17.7 Å². The van der Waals surface area contributed by atoms with Gasteiger partial charge in [-0.3, -0.25) is 9.36 Å². The molecule has 0 atom stereocenters. The predicted molar refractivity (Wildman–Crippen MR) is 89.2 cm³/mol. The second-order valence-electron chi connectivity index (χ2n) is 5.21. The first kappa shape index (κ1) is 15.1. The molecule has 0 bridgehead atoms. The van der Waals surface area contributed by atoms with Crippen LogP contribution in [0.3, 0.4) is 0 Å². The minimum Gasteiger partial charge on any atom is -0.296 e. The normalized spacial score (nSPS) is 10.7. The summed E-state index contributed by atoms with van der Waals surface area (Å²) in [6.07, 6.45) is 0. The Balaban J connectivity index is 2.55. The molecule has 0 amide bonds. The van der Waals surface area contributed by atoms with Crippen molar-refractivity contribution in [2.45, 2.75) is 6.92 Å². The number of halogens is 1. The number of rotatable bonds is 1. The van der Waals surface area contributed by atoms with Gasteiger partial charge in [0, 0.05) is 12.1 Å². The van der Waals surface area contributed by atoms with E-state index in [0.29, 0.717) is 32.7 Å². The van der Waals surface area contributed by atoms with Gasteiger partial charge in [0.1, 0.15) is 0 Å². The first-order chi connectivity index (χ1) is 11.0. The maximum Gasteiger partial charge on any atom is 0.335 e. The summed E-state index contributed by atoms with van der Waals surface area (Å²) in [4.78, 5) is 25.5. The molecule has 114 valence electrons. The molecule has 0 saturated heterocycles. The van der Waals surface area contributed by atoms with Crippen molar-refractivity contribution < 1.29 is 0 Å². The topological polar surface area (TPSA) is 67.8 Å². The van der Waals surface area contributed by atoms with E-state index in [1.54, 1.807) is 50.4 Å². The van der Waals surface area contributed by atoms with Gasteiger partial charge in [-0.05, 0) is 42.8 Å². The zero-order valence-corrected chi connectivity index (χ0v) is 13.3. The third-order valence-corrected chi connectivity index (χ3v) is 4.12. The predicted octanol–water partition coefficient (Wildman–Crippen LogP) is 2.52. The zero-order chi connectivity index (χ0) is 16.7. The molecule has 0 fully saturated rings. The zero-order valence-electron chi connectivity index (χ0n) is 12.5. The molecule has 0 N–H and O–H groups in total. The number of hydrogen-bond acceptors (Lipinski definition) is 3. The summed E-state index contributed by atoms with van der Waals surface area (Å²) < 4.78 is 2.47. The lowest BCUT2D eigenvalue weighted by Gasteiger charge is -2.13. The van der Waals surface area contributed by atoms with Crippen LogP contribution >= 0.6 is 11.6 Å². The van der Waals surface area contributed by atoms with Crippen LogP contribution in [0.1, 0.15) is 11.1 Å². The van der Waals surface area contributed by atoms with Crippen LogP contribution in [-0.4, -0.2) is 9.13 Å². The Morgan fingerprint density at radius 2 is 1.91 bits per heavy atom. The van der Waals surface area contributed by atoms with Crippen molar-refractivity contribution in [3.63, 3.8) is 0 Å². The highest BCUT2D eigenvalue weighted by Crippen LogP contribution is 2.18. The second-order valence-corrected chi connectivity index (χ2v) is 5.64. The molecule has 2 aromatic carbocycles. The van der Waals surface area contributed by atoms with Crippen LogP contribution in [0, 0.1) is 18.3 Å². The third kappa shape index (κ3) is 2.24. The van der Waals surface area contributed by atoms with Crippen molar-refractivity contribution >= 4 is 22.5 Å². The van der Waals surface area contributed by atoms with E-state index in [2.05, 4.69) is 6.07 Å². The Bertz CT molecular complexity index is 1100. The average molecular weight is 326 g/mol. The molecule has 0 saturated carbocycles. The van der Waals surface area contributed by atoms with E-state index in [9.17, 15) is 14.9 Å². The SMILES string of the molecule is Cc1c(C#N)ccc2c1c(=O)n(-c1cccc(Cl)c1)c(=O)n2C. The maximum absolute atomic E-state index is 12.9. The number of nitriles is 1. The minimum absolute atomic E-state index is 0.353. The summed E-state index contributed by atoms with van der Waals surface area (Å²) >= 11 is 5.97. The first-order valence-corrected chi connectivity index (χ1v) is 7.25. The Morgan fingerprint density at radius 1 is 1.17 bits per heavy atom. The van der Waals surface area contributed by atoms with Gasteiger partial charge >= 0.3 is 5.69 Å². The summed E-state index contributed by atoms with van der Waals surface area (Å²) in [5, 5.41) is 9.95. The van der Waals surface area contributed by atoms with Gasteiger partial charge in [-0.25, -0.2) is 9.36 Å². The lowest BCUT2D eigenvalue weighted by atomic mass is 10.0. The highest BCUT2D eigenvalue weighted by Gasteiger charge is 2.16. The summed E-state index contributed by atoms with van der Waals surface area (Å²) in [6, 6.07) is 11.8. The van der Waals surface area contributed by atoms with Gasteiger partial charge in [-0.2, -0.15) is 5.26 Å². The standard InChI is InChI=1S/C17H12ClN3O2/c1-10-11(9-19)6-7-14-15(10)16(22)21(17(23)20(14)2)13-5-3-4-12(18)8-13/h3-8H,1-2H3. The van der Waals surface area contributed by atoms with Crippen LogP contribution in [0.4, 0.5) is 0 Å². The van der Waals surface area contributed by atoms with Crippen LogP contribution in [0.25, 0.3) is 16.6 Å². The summed E-state index contributed by atoms with van der Waals surface area (Å²) in [5.74, 6) is 0. The van der Waals surface area contributed by atoms with Crippen molar-refractivity contribution in [2.75, 3.05) is 0 Å². The summed E-state index contributed by atoms with van der Waals surface area (Å²) in [7, 11) is 1.59. The number of aryl methyl sites for hydroxylation is 2. The Hall–Kier alpha value is -2.84. The van der Waals surface area contributed by atoms with Crippen molar-refractivity contribution in [1.82, 2.24) is 9.13 Å². The van der Waals surface area contributed by atoms with Crippen molar-refractivity contribution in [1.29, 1.82) is 5.26 Å². The molecule has 1 heterocycles. The lowest BCUT2D eigenvalue weighted by Crippen LogP contribution is -2.38. The van der Waals surface area contributed by atoms with Crippen molar-refractivity contribution in [3.05, 3.63) is 73.4 Å². The van der Waals surface area contributed by atoms with Gasteiger partial charge < -0.3 is 0 Å². The van der Waals surface area contributed by atoms with E-state index < -0.39 is 11.2 Å². The summed E-state index contributed by atoms with van der Waals surface area (Å²) in [5.41, 5.74) is 0.933. The van der Waals surface area contributed by atoms with Crippen LogP contribution in [0.5, 0.6) is 0 Å². The van der Waals surface area contributed by atoms with Crippen LogP contribution < -0.4 is 11.2 Å². The molecular weight excluding hydrogens is 314 g/mol. The molecule has 5 nitrogen and oxygen atoms in total. The fourth-order valence-corrected chi connectivity index (χ4v) is 2.85. The maximum atomic E-state index is 12.9. The van der Waals surface area contributed by atoms with Crippen LogP contribution in [-0.2, 0) is 7.05 Å². The highest BCUT2D eigenvalue weighted by molar-refractivity contribution is 6.30. The van der Waals surface area contributed by atoms with Gasteiger partial charge in [0.25, 0.3) is 5.56 Å². The molecule has 0 radical (unpaired) electrons. The average Bonchev–Trinajstić information content (AvgIpc) is 2.52. The molecule has 23 heavy (non-hydrogen) atoms. The van der Waals surface area contributed by atoms with E-state index in [0.717, 1.165) is 4.57 Å². The first-order valence-electron chi connectivity index (χ1n) is 6.87. The fraction of sp³-hybridized carbons (Fsp3) is 0.118. The van der Waals surface area contributed by atoms with E-state index in [-0.39, 0.29) is 0 Å². The van der Waals surface area contributed by atoms with Crippen LogP contribution in [0.15, 0.2) is 46.0 Å². The quantitative estimate of drug-likeness (QED) is 0.690. The van der Waals surface area contributed by atoms with Crippen molar-refractivity contribution in [2.24, 2.45) is 7.05 Å². The van der Waals surface area contributed by atoms with Gasteiger partial charge in [0.15, 0.2) is 0 Å². The second kappa shape index (κ2) is 5.41. The van der Waals surface area contributed by atoms with Gasteiger partial charge in [0.2, 0.25) is 0 Å². The Kier molecular flexibility index (Phi) is 3.55. The smallest absolute Gasteiger partial charge is 0.296 e. The number of fused-ring (bicyclic) bond motifs is 1. The largest absolute Gasteiger partial charge is 0.335 e. The molecule has 0 aliphatic heterocycles. The molecule has 3 rings (SSSR count). The Labute approximate surface area is 136 Å². The van der Waals surface area contributed by atoms with Crippen molar-refractivity contribution in [3.8, 4) is 11.8 Å². The van der Waals surface area contributed by atoms with Gasteiger partial charge in [0.05, 0.1) is 28.2 Å². The molecule has 3 aromatic rings. The monoisotopic (exact) mass is 325 g/mol. The molecule has 0 aliphatic rings. The summed E-state index contributed by atoms with van der Waals surface area (Å²) in [6.45, 7) is 1.70. The molecule has 6 heteroatoms. The van der Waals surface area contributed by atoms with E-state index in [1.807, 2.05) is 0 Å². The fourth-order valence-electron chi connectivity index (χ4n) is 2.66. The Morgan fingerprint density at radius 3 is 2.57 bits per heavy atom. The minimum atomic E-state index is -0.464. The van der Waals surface area contributed by atoms with E-state index in [4.69, 9.17) is 11.6 Å². The highest BCUT2D eigenvalue weighted by atomic mass is 35.5. The van der Waals surface area contributed by atoms with E-state index in [1.165, 1.54) is 4.57 Å². The molecule has 0 spiro atoms. The van der Waals surface area contributed by atoms with Gasteiger partial charge in [-0.15, -0.1) is 0 Å². The van der Waals surface area contributed by atoms with Crippen LogP contribution in [0.2, 0.25) is 5.02 Å². The lowest BCUT2D eigenvalue weighted by molar-refractivity contribution is 0.773. The molecular formula is C17H12ClN3O2. The molecule has 0 aliphatic carbocycles. The number of hydrogen-bond donors (Lipinski definition) is 0. The third-order valence-electron chi connectivity index (χ3n) is 3.89. The molecule has 0 unspecified atom stereocenters. The van der Waals surface area contributed by atoms with E-state index >= 15 is 0 Å². The number of nitrogens with zero attached hydrogens (tertiary/aromatic N) is 3. The molecule has 1 aromatic heterocycles. The number of benzene rings is 2. The number of aromatic nitrogens is 2.